The van der Waals surface area contributed by atoms with Crippen molar-refractivity contribution in [2.45, 2.75) is 6.54 Å². The van der Waals surface area contributed by atoms with E-state index in [2.05, 4.69) is 10.3 Å². The molecule has 0 aliphatic heterocycles. The van der Waals surface area contributed by atoms with Crippen molar-refractivity contribution in [2.24, 2.45) is 0 Å². The molecule has 4 rings (SSSR count). The molecule has 2 aromatic heterocycles. The van der Waals surface area contributed by atoms with Crippen molar-refractivity contribution >= 4 is 11.3 Å². The number of ether oxygens (including phenoxy) is 1. The fraction of sp³-hybridized carbons (Fsp3) is 0.0500. The van der Waals surface area contributed by atoms with Gasteiger partial charge in [0.05, 0.1) is 12.2 Å². The lowest BCUT2D eigenvalue weighted by atomic mass is 10.3. The van der Waals surface area contributed by atoms with E-state index in [1.165, 1.54) is 0 Å². The zero-order chi connectivity index (χ0) is 16.2. The highest BCUT2D eigenvalue weighted by Gasteiger charge is 2.01. The number of para-hydroxylation sites is 1. The number of imidazole rings is 1. The normalized spacial score (nSPS) is 10.7. The summed E-state index contributed by atoms with van der Waals surface area (Å²) >= 11 is 0. The first-order valence-corrected chi connectivity index (χ1v) is 7.86. The van der Waals surface area contributed by atoms with E-state index in [4.69, 9.17) is 4.74 Å². The monoisotopic (exact) mass is 315 g/mol. The summed E-state index contributed by atoms with van der Waals surface area (Å²) < 4.78 is 7.81. The van der Waals surface area contributed by atoms with E-state index < -0.39 is 0 Å². The van der Waals surface area contributed by atoms with Crippen LogP contribution in [-0.4, -0.2) is 9.38 Å². The zero-order valence-corrected chi connectivity index (χ0v) is 13.1. The lowest BCUT2D eigenvalue weighted by Crippen LogP contribution is -1.99. The molecule has 0 radical (unpaired) electrons. The largest absolute Gasteiger partial charge is 0.457 e. The standard InChI is InChI=1S/C20H17N3O/c1-2-6-18(7-3-1)24-19-11-9-16(10-12-19)21-14-17-15-23-13-5-4-8-20(23)22-17/h1-13,15,21H,14H2. The Balaban J connectivity index is 1.40. The smallest absolute Gasteiger partial charge is 0.137 e. The summed E-state index contributed by atoms with van der Waals surface area (Å²) in [5, 5.41) is 3.38. The maximum absolute atomic E-state index is 5.79. The minimum Gasteiger partial charge on any atom is -0.457 e. The highest BCUT2D eigenvalue weighted by molar-refractivity contribution is 5.48. The number of hydrogen-bond donors (Lipinski definition) is 1. The average Bonchev–Trinajstić information content (AvgIpc) is 3.05. The lowest BCUT2D eigenvalue weighted by Gasteiger charge is -2.08. The molecule has 0 bridgehead atoms. The summed E-state index contributed by atoms with van der Waals surface area (Å²) in [6.07, 6.45) is 4.04. The van der Waals surface area contributed by atoms with Gasteiger partial charge in [-0.3, -0.25) is 0 Å². The molecular formula is C20H17N3O. The average molecular weight is 315 g/mol. The number of pyridine rings is 1. The van der Waals surface area contributed by atoms with Crippen LogP contribution in [-0.2, 0) is 6.54 Å². The van der Waals surface area contributed by atoms with E-state index in [9.17, 15) is 0 Å². The van der Waals surface area contributed by atoms with Gasteiger partial charge in [0.15, 0.2) is 0 Å². The molecule has 0 amide bonds. The molecule has 4 heteroatoms. The fourth-order valence-electron chi connectivity index (χ4n) is 2.53. The van der Waals surface area contributed by atoms with E-state index in [-0.39, 0.29) is 0 Å². The molecule has 0 atom stereocenters. The number of nitrogens with one attached hydrogen (secondary N) is 1. The highest BCUT2D eigenvalue weighted by Crippen LogP contribution is 2.22. The Morgan fingerprint density at radius 1 is 0.833 bits per heavy atom. The molecule has 0 aliphatic carbocycles. The third-order valence-corrected chi connectivity index (χ3v) is 3.72. The predicted molar refractivity (Wildman–Crippen MR) is 95.5 cm³/mol. The van der Waals surface area contributed by atoms with Gasteiger partial charge in [0, 0.05) is 18.1 Å². The van der Waals surface area contributed by atoms with Crippen LogP contribution < -0.4 is 10.1 Å². The summed E-state index contributed by atoms with van der Waals surface area (Å²) in [7, 11) is 0. The Kier molecular flexibility index (Phi) is 3.86. The number of rotatable bonds is 5. The third kappa shape index (κ3) is 3.22. The van der Waals surface area contributed by atoms with Gasteiger partial charge in [-0.15, -0.1) is 0 Å². The van der Waals surface area contributed by atoms with Crippen LogP contribution in [0.3, 0.4) is 0 Å². The van der Waals surface area contributed by atoms with Crippen molar-refractivity contribution in [1.29, 1.82) is 0 Å². The second-order valence-corrected chi connectivity index (χ2v) is 5.49. The molecule has 0 fully saturated rings. The first kappa shape index (κ1) is 14.3. The van der Waals surface area contributed by atoms with E-state index in [1.807, 2.05) is 89.6 Å². The van der Waals surface area contributed by atoms with E-state index in [0.29, 0.717) is 6.54 Å². The van der Waals surface area contributed by atoms with Crippen molar-refractivity contribution in [3.05, 3.63) is 90.9 Å². The van der Waals surface area contributed by atoms with Gasteiger partial charge in [-0.2, -0.15) is 0 Å². The highest BCUT2D eigenvalue weighted by atomic mass is 16.5. The second-order valence-electron chi connectivity index (χ2n) is 5.49. The Morgan fingerprint density at radius 3 is 2.38 bits per heavy atom. The minimum absolute atomic E-state index is 0.681. The van der Waals surface area contributed by atoms with Crippen molar-refractivity contribution in [3.63, 3.8) is 0 Å². The van der Waals surface area contributed by atoms with Gasteiger partial charge >= 0.3 is 0 Å². The van der Waals surface area contributed by atoms with Crippen molar-refractivity contribution in [3.8, 4) is 11.5 Å². The van der Waals surface area contributed by atoms with E-state index in [1.54, 1.807) is 0 Å². The molecule has 0 saturated heterocycles. The number of benzene rings is 2. The van der Waals surface area contributed by atoms with Gasteiger partial charge in [0.25, 0.3) is 0 Å². The van der Waals surface area contributed by atoms with Gasteiger partial charge < -0.3 is 14.5 Å². The first-order chi connectivity index (χ1) is 11.9. The Labute approximate surface area is 140 Å². The quantitative estimate of drug-likeness (QED) is 0.578. The van der Waals surface area contributed by atoms with Crippen molar-refractivity contribution < 1.29 is 4.74 Å². The van der Waals surface area contributed by atoms with Crippen LogP contribution >= 0.6 is 0 Å². The topological polar surface area (TPSA) is 38.6 Å². The summed E-state index contributed by atoms with van der Waals surface area (Å²) in [5.74, 6) is 1.65. The molecule has 24 heavy (non-hydrogen) atoms. The van der Waals surface area contributed by atoms with Crippen LogP contribution in [0.1, 0.15) is 5.69 Å². The summed E-state index contributed by atoms with van der Waals surface area (Å²) in [5.41, 5.74) is 3.00. The van der Waals surface area contributed by atoms with E-state index >= 15 is 0 Å². The second kappa shape index (κ2) is 6.46. The molecular weight excluding hydrogens is 298 g/mol. The van der Waals surface area contributed by atoms with Gasteiger partial charge in [-0.1, -0.05) is 24.3 Å². The molecule has 0 spiro atoms. The van der Waals surface area contributed by atoms with Gasteiger partial charge in [0.1, 0.15) is 17.1 Å². The molecule has 118 valence electrons. The lowest BCUT2D eigenvalue weighted by molar-refractivity contribution is 0.483. The van der Waals surface area contributed by atoms with Gasteiger partial charge in [-0.25, -0.2) is 4.98 Å². The molecule has 4 nitrogen and oxygen atoms in total. The summed E-state index contributed by atoms with van der Waals surface area (Å²) in [6.45, 7) is 0.681. The number of fused-ring (bicyclic) bond motifs is 1. The molecule has 0 unspecified atom stereocenters. The zero-order valence-electron chi connectivity index (χ0n) is 13.1. The molecule has 2 aromatic carbocycles. The van der Waals surface area contributed by atoms with E-state index in [0.717, 1.165) is 28.5 Å². The third-order valence-electron chi connectivity index (χ3n) is 3.72. The number of aromatic nitrogens is 2. The number of nitrogens with zero attached hydrogens (tertiary/aromatic N) is 2. The van der Waals surface area contributed by atoms with Crippen molar-refractivity contribution in [1.82, 2.24) is 9.38 Å². The first-order valence-electron chi connectivity index (χ1n) is 7.86. The SMILES string of the molecule is c1ccc(Oc2ccc(NCc3cn4ccccc4n3)cc2)cc1. The Bertz CT molecular complexity index is 897. The summed E-state index contributed by atoms with van der Waals surface area (Å²) in [4.78, 5) is 4.58. The van der Waals surface area contributed by atoms with Crippen LogP contribution in [0.4, 0.5) is 5.69 Å². The van der Waals surface area contributed by atoms with Crippen LogP contribution in [0, 0.1) is 0 Å². The summed E-state index contributed by atoms with van der Waals surface area (Å²) in [6, 6.07) is 23.7. The maximum atomic E-state index is 5.79. The van der Waals surface area contributed by atoms with Gasteiger partial charge in [0.2, 0.25) is 0 Å². The van der Waals surface area contributed by atoms with Crippen LogP contribution in [0.5, 0.6) is 11.5 Å². The van der Waals surface area contributed by atoms with Crippen LogP contribution in [0.15, 0.2) is 85.2 Å². The fourth-order valence-corrected chi connectivity index (χ4v) is 2.53. The Morgan fingerprint density at radius 2 is 1.58 bits per heavy atom. The maximum Gasteiger partial charge on any atom is 0.137 e. The van der Waals surface area contributed by atoms with Gasteiger partial charge in [-0.05, 0) is 48.5 Å². The van der Waals surface area contributed by atoms with Crippen LogP contribution in [0.25, 0.3) is 5.65 Å². The molecule has 0 aliphatic rings. The molecule has 1 N–H and O–H groups in total. The Hall–Kier alpha value is -3.27. The molecule has 0 saturated carbocycles. The predicted octanol–water partition coefficient (Wildman–Crippen LogP) is 4.74. The number of anilines is 1. The van der Waals surface area contributed by atoms with Crippen molar-refractivity contribution in [2.75, 3.05) is 5.32 Å². The minimum atomic E-state index is 0.681. The molecule has 2 heterocycles. The van der Waals surface area contributed by atoms with Crippen LogP contribution in [0.2, 0.25) is 0 Å². The molecule has 4 aromatic rings. The number of hydrogen-bond acceptors (Lipinski definition) is 3.